The van der Waals surface area contributed by atoms with Crippen LogP contribution in [0.4, 0.5) is 13.2 Å². The third kappa shape index (κ3) is 6.46. The van der Waals surface area contributed by atoms with Gasteiger partial charge >= 0.3 is 12.1 Å². The zero-order valence-electron chi connectivity index (χ0n) is 23.1. The van der Waals surface area contributed by atoms with Crippen molar-refractivity contribution in [1.29, 1.82) is 5.26 Å². The number of hydrogen-bond donors (Lipinski definition) is 1. The number of ether oxygens (including phenoxy) is 3. The summed E-state index contributed by atoms with van der Waals surface area (Å²) in [4.78, 5) is 12.7. The Hall–Kier alpha value is -2.91. The maximum Gasteiger partial charge on any atom is 0.436 e. The molecule has 0 aliphatic carbocycles. The predicted molar refractivity (Wildman–Crippen MR) is 142 cm³/mol. The highest BCUT2D eigenvalue weighted by atomic mass is 28.3. The van der Waals surface area contributed by atoms with Crippen LogP contribution in [0.3, 0.4) is 0 Å². The summed E-state index contributed by atoms with van der Waals surface area (Å²) in [6, 6.07) is 9.73. The molecule has 0 amide bonds. The molecule has 0 fully saturated rings. The number of aliphatic carboxylic acids is 1. The number of carboxylic acids is 1. The minimum Gasteiger partial charge on any atom is -0.496 e. The average molecular weight is 565 g/mol. The topological polar surface area (TPSA) is 92.0 Å². The van der Waals surface area contributed by atoms with Crippen LogP contribution in [0.15, 0.2) is 30.3 Å². The molecule has 0 saturated carbocycles. The van der Waals surface area contributed by atoms with E-state index in [1.54, 1.807) is 31.2 Å². The first-order chi connectivity index (χ1) is 18.1. The smallest absolute Gasteiger partial charge is 0.436 e. The van der Waals surface area contributed by atoms with E-state index in [9.17, 15) is 15.2 Å². The molecule has 3 rings (SSSR count). The normalized spacial score (nSPS) is 17.4. The van der Waals surface area contributed by atoms with Gasteiger partial charge in [0.25, 0.3) is 5.72 Å². The second-order valence-electron chi connectivity index (χ2n) is 11.0. The number of alkyl halides is 3. The number of fused-ring (bicyclic) bond motifs is 1. The Morgan fingerprint density at radius 3 is 2.46 bits per heavy atom. The Kier molecular flexibility index (Phi) is 9.17. The van der Waals surface area contributed by atoms with Gasteiger partial charge in [0.1, 0.15) is 12.4 Å². The molecular weight excluding hydrogens is 529 g/mol. The molecule has 1 N–H and O–H groups in total. The van der Waals surface area contributed by atoms with Crippen molar-refractivity contribution in [3.63, 3.8) is 0 Å². The number of halogens is 3. The lowest BCUT2D eigenvalue weighted by Crippen LogP contribution is -2.58. The van der Waals surface area contributed by atoms with E-state index in [2.05, 4.69) is 19.6 Å². The van der Waals surface area contributed by atoms with Gasteiger partial charge in [0.2, 0.25) is 0 Å². The van der Waals surface area contributed by atoms with Crippen LogP contribution in [0.25, 0.3) is 0 Å². The fraction of sp³-hybridized carbons (Fsp3) is 0.500. The molecule has 2 unspecified atom stereocenters. The Labute approximate surface area is 228 Å². The Bertz CT molecular complexity index is 1260. The fourth-order valence-corrected chi connectivity index (χ4v) is 5.81. The summed E-state index contributed by atoms with van der Waals surface area (Å²) >= 11 is 0. The van der Waals surface area contributed by atoms with Gasteiger partial charge in [-0.1, -0.05) is 31.8 Å². The number of methoxy groups -OCH3 is 1. The Balaban J connectivity index is 2.26. The van der Waals surface area contributed by atoms with E-state index in [0.29, 0.717) is 28.9 Å². The van der Waals surface area contributed by atoms with Crippen molar-refractivity contribution >= 4 is 14.0 Å². The van der Waals surface area contributed by atoms with Crippen LogP contribution in [-0.4, -0.2) is 57.2 Å². The second-order valence-corrected chi connectivity index (χ2v) is 16.7. The molecule has 39 heavy (non-hydrogen) atoms. The second kappa shape index (κ2) is 11.7. The summed E-state index contributed by atoms with van der Waals surface area (Å²) in [5.74, 6) is -1.61. The molecule has 1 heterocycles. The SMILES string of the molecule is COc1cc(C)cc(C)c1C(OCC(=O)O)(N1Cc2cc(C#N)ccc2C1COCC[Si](C)(C)C)C(F)(F)F. The largest absolute Gasteiger partial charge is 0.496 e. The van der Waals surface area contributed by atoms with Gasteiger partial charge in [-0.05, 0) is 60.3 Å². The summed E-state index contributed by atoms with van der Waals surface area (Å²) in [7, 11) is -0.197. The highest BCUT2D eigenvalue weighted by molar-refractivity contribution is 6.76. The number of nitrogens with zero attached hydrogens (tertiary/aromatic N) is 2. The number of carboxylic acid groups (broad SMARTS) is 1. The predicted octanol–water partition coefficient (Wildman–Crippen LogP) is 5.91. The van der Waals surface area contributed by atoms with E-state index in [0.717, 1.165) is 10.9 Å². The zero-order valence-corrected chi connectivity index (χ0v) is 24.1. The van der Waals surface area contributed by atoms with Crippen molar-refractivity contribution in [1.82, 2.24) is 4.90 Å². The molecule has 2 aromatic rings. The van der Waals surface area contributed by atoms with E-state index in [4.69, 9.17) is 14.2 Å². The summed E-state index contributed by atoms with van der Waals surface area (Å²) < 4.78 is 63.5. The number of rotatable bonds is 11. The molecule has 11 heteroatoms. The van der Waals surface area contributed by atoms with Gasteiger partial charge in [0.15, 0.2) is 0 Å². The zero-order chi connectivity index (χ0) is 29.2. The van der Waals surface area contributed by atoms with Gasteiger partial charge in [-0.3, -0.25) is 4.90 Å². The van der Waals surface area contributed by atoms with Crippen molar-refractivity contribution in [2.45, 2.75) is 64.0 Å². The first kappa shape index (κ1) is 30.6. The maximum atomic E-state index is 15.5. The van der Waals surface area contributed by atoms with Crippen LogP contribution in [0.2, 0.25) is 25.7 Å². The van der Waals surface area contributed by atoms with Gasteiger partial charge in [0, 0.05) is 21.2 Å². The first-order valence-electron chi connectivity index (χ1n) is 12.6. The molecule has 2 atom stereocenters. The minimum absolute atomic E-state index is 0.0673. The summed E-state index contributed by atoms with van der Waals surface area (Å²) in [6.07, 6.45) is -5.09. The third-order valence-electron chi connectivity index (χ3n) is 6.82. The standard InChI is InChI=1S/C28H35F3N2O5Si/c1-18-11-19(2)26(24(12-18)36-3)27(28(29,30)31,38-17-25(34)35)33-15-21-13-20(14-32)7-8-22(21)23(33)16-37-9-10-39(4,5)6/h7-8,11-13,23H,9-10,15-17H2,1-6H3,(H,34,35). The number of benzene rings is 2. The molecule has 0 bridgehead atoms. The third-order valence-corrected chi connectivity index (χ3v) is 8.52. The minimum atomic E-state index is -5.09. The Morgan fingerprint density at radius 2 is 1.90 bits per heavy atom. The summed E-state index contributed by atoms with van der Waals surface area (Å²) in [6.45, 7) is 8.65. The van der Waals surface area contributed by atoms with Gasteiger partial charge in [0.05, 0.1) is 37.0 Å². The lowest BCUT2D eigenvalue weighted by Gasteiger charge is -2.46. The van der Waals surface area contributed by atoms with Crippen molar-refractivity contribution in [2.75, 3.05) is 26.9 Å². The number of aryl methyl sites for hydroxylation is 2. The first-order valence-corrected chi connectivity index (χ1v) is 16.3. The molecule has 7 nitrogen and oxygen atoms in total. The molecule has 1 aliphatic rings. The number of hydrogen-bond acceptors (Lipinski definition) is 6. The molecule has 212 valence electrons. The van der Waals surface area contributed by atoms with Gasteiger partial charge in [-0.2, -0.15) is 18.4 Å². The van der Waals surface area contributed by atoms with E-state index in [1.165, 1.54) is 20.1 Å². The van der Waals surface area contributed by atoms with Gasteiger partial charge < -0.3 is 19.3 Å². The van der Waals surface area contributed by atoms with Crippen molar-refractivity contribution in [2.24, 2.45) is 0 Å². The van der Waals surface area contributed by atoms with Crippen LogP contribution in [-0.2, 0) is 26.5 Å². The maximum absolute atomic E-state index is 15.5. The molecule has 0 aromatic heterocycles. The number of nitriles is 1. The molecule has 0 saturated heterocycles. The average Bonchev–Trinajstić information content (AvgIpc) is 3.18. The van der Waals surface area contributed by atoms with Crippen LogP contribution in [0.5, 0.6) is 5.75 Å². The van der Waals surface area contributed by atoms with Crippen LogP contribution < -0.4 is 4.74 Å². The van der Waals surface area contributed by atoms with E-state index < -0.39 is 38.6 Å². The molecule has 0 spiro atoms. The lowest BCUT2D eigenvalue weighted by atomic mass is 9.91. The molecule has 1 aliphatic heterocycles. The van der Waals surface area contributed by atoms with E-state index in [-0.39, 0.29) is 30.0 Å². The van der Waals surface area contributed by atoms with Crippen molar-refractivity contribution in [3.05, 3.63) is 63.7 Å². The van der Waals surface area contributed by atoms with Crippen LogP contribution >= 0.6 is 0 Å². The Morgan fingerprint density at radius 1 is 1.21 bits per heavy atom. The van der Waals surface area contributed by atoms with Crippen LogP contribution in [0.1, 0.15) is 39.4 Å². The van der Waals surface area contributed by atoms with Crippen molar-refractivity contribution < 1.29 is 37.3 Å². The summed E-state index contributed by atoms with van der Waals surface area (Å²) in [5, 5.41) is 18.9. The van der Waals surface area contributed by atoms with Gasteiger partial charge in [-0.25, -0.2) is 4.79 Å². The lowest BCUT2D eigenvalue weighted by molar-refractivity contribution is -0.350. The highest BCUT2D eigenvalue weighted by Gasteiger charge is 2.66. The van der Waals surface area contributed by atoms with E-state index in [1.807, 2.05) is 6.07 Å². The summed E-state index contributed by atoms with van der Waals surface area (Å²) in [5.41, 5.74) is -1.19. The monoisotopic (exact) mass is 564 g/mol. The molecular formula is C28H35F3N2O5Si. The molecule has 0 radical (unpaired) electrons. The quantitative estimate of drug-likeness (QED) is 0.268. The fourth-order valence-electron chi connectivity index (χ4n) is 5.06. The van der Waals surface area contributed by atoms with Gasteiger partial charge in [-0.15, -0.1) is 0 Å². The molecule has 2 aromatic carbocycles. The highest BCUT2D eigenvalue weighted by Crippen LogP contribution is 2.55. The van der Waals surface area contributed by atoms with Crippen LogP contribution in [0, 0.1) is 25.2 Å². The van der Waals surface area contributed by atoms with E-state index >= 15 is 13.2 Å². The van der Waals surface area contributed by atoms with Crippen molar-refractivity contribution in [3.8, 4) is 11.8 Å². The number of carbonyl (C=O) groups is 1.